The van der Waals surface area contributed by atoms with Crippen LogP contribution in [-0.4, -0.2) is 20.3 Å². The Morgan fingerprint density at radius 1 is 0.655 bits per heavy atom. The first-order valence-electron chi connectivity index (χ1n) is 9.02. The van der Waals surface area contributed by atoms with Crippen LogP contribution in [0.5, 0.6) is 0 Å². The molecule has 0 saturated heterocycles. The van der Waals surface area contributed by atoms with Crippen LogP contribution in [0, 0.1) is 0 Å². The second-order valence-electron chi connectivity index (χ2n) is 6.64. The summed E-state index contributed by atoms with van der Waals surface area (Å²) in [5.74, 6) is 0.0730. The lowest BCUT2D eigenvalue weighted by Crippen LogP contribution is -1.97. The molecule has 0 radical (unpaired) electrons. The average Bonchev–Trinajstić information content (AvgIpc) is 3.21. The molecule has 0 amide bonds. The first-order chi connectivity index (χ1) is 14.0. The molecular weight excluding hydrogens is 384 g/mol. The number of ketones is 2. The fourth-order valence-electron chi connectivity index (χ4n) is 2.96. The highest BCUT2D eigenvalue weighted by Crippen LogP contribution is 2.32. The van der Waals surface area contributed by atoms with Crippen molar-refractivity contribution in [1.29, 1.82) is 0 Å². The van der Waals surface area contributed by atoms with Crippen LogP contribution in [0.2, 0.25) is 0 Å². The molecule has 3 aromatic carbocycles. The fourth-order valence-corrected chi connectivity index (χ4v) is 3.53. The van der Waals surface area contributed by atoms with Crippen molar-refractivity contribution in [2.75, 3.05) is 10.6 Å². The van der Waals surface area contributed by atoms with E-state index < -0.39 is 0 Å². The molecule has 0 atom stereocenters. The van der Waals surface area contributed by atoms with Crippen LogP contribution >= 0.6 is 11.7 Å². The summed E-state index contributed by atoms with van der Waals surface area (Å²) in [5.41, 5.74) is 6.27. The minimum atomic E-state index is 0.0365. The van der Waals surface area contributed by atoms with Gasteiger partial charge >= 0.3 is 0 Å². The molecule has 29 heavy (non-hydrogen) atoms. The predicted octanol–water partition coefficient (Wildman–Crippen LogP) is 5.58. The minimum Gasteiger partial charge on any atom is -0.354 e. The summed E-state index contributed by atoms with van der Waals surface area (Å²) >= 11 is 1.15. The number of Topliss-reactive ketones (excluding diaryl/α,β-unsaturated/α-hetero) is 2. The molecular formula is C22H18N4O2S. The Labute approximate surface area is 171 Å². The van der Waals surface area contributed by atoms with Gasteiger partial charge in [0.05, 0.1) is 23.1 Å². The summed E-state index contributed by atoms with van der Waals surface area (Å²) in [5, 5.41) is 6.68. The van der Waals surface area contributed by atoms with Crippen molar-refractivity contribution >= 4 is 57.1 Å². The van der Waals surface area contributed by atoms with Crippen LogP contribution in [0.15, 0.2) is 60.7 Å². The summed E-state index contributed by atoms with van der Waals surface area (Å²) in [7, 11) is 0. The maximum Gasteiger partial charge on any atom is 0.159 e. The van der Waals surface area contributed by atoms with E-state index in [2.05, 4.69) is 19.4 Å². The molecule has 0 aliphatic carbocycles. The van der Waals surface area contributed by atoms with E-state index in [4.69, 9.17) is 0 Å². The highest BCUT2D eigenvalue weighted by Gasteiger charge is 2.11. The third kappa shape index (κ3) is 4.00. The number of carbonyl (C=O) groups is 2. The summed E-state index contributed by atoms with van der Waals surface area (Å²) in [6, 6.07) is 18.5. The molecule has 0 fully saturated rings. The van der Waals surface area contributed by atoms with Crippen LogP contribution in [0.1, 0.15) is 34.6 Å². The van der Waals surface area contributed by atoms with E-state index in [0.29, 0.717) is 11.1 Å². The molecule has 2 N–H and O–H groups in total. The third-order valence-electron chi connectivity index (χ3n) is 4.56. The Bertz CT molecular complexity index is 1100. The molecule has 7 heteroatoms. The predicted molar refractivity (Wildman–Crippen MR) is 117 cm³/mol. The van der Waals surface area contributed by atoms with Crippen molar-refractivity contribution in [3.8, 4) is 0 Å². The molecule has 0 aliphatic heterocycles. The first kappa shape index (κ1) is 18.8. The van der Waals surface area contributed by atoms with E-state index in [1.54, 1.807) is 38.1 Å². The Morgan fingerprint density at radius 2 is 1.03 bits per heavy atom. The molecule has 4 rings (SSSR count). The monoisotopic (exact) mass is 402 g/mol. The van der Waals surface area contributed by atoms with E-state index in [-0.39, 0.29) is 11.6 Å². The number of nitrogens with zero attached hydrogens (tertiary/aromatic N) is 2. The van der Waals surface area contributed by atoms with E-state index in [0.717, 1.165) is 45.5 Å². The maximum absolute atomic E-state index is 11.4. The van der Waals surface area contributed by atoms with Crippen LogP contribution < -0.4 is 10.6 Å². The number of fused-ring (bicyclic) bond motifs is 1. The zero-order valence-corrected chi connectivity index (χ0v) is 16.7. The second-order valence-corrected chi connectivity index (χ2v) is 7.17. The van der Waals surface area contributed by atoms with Crippen molar-refractivity contribution in [2.24, 2.45) is 0 Å². The van der Waals surface area contributed by atoms with E-state index >= 15 is 0 Å². The quantitative estimate of drug-likeness (QED) is 0.409. The van der Waals surface area contributed by atoms with Crippen molar-refractivity contribution in [2.45, 2.75) is 13.8 Å². The molecule has 4 aromatic rings. The summed E-state index contributed by atoms with van der Waals surface area (Å²) in [4.78, 5) is 22.9. The SMILES string of the molecule is CC(=O)c1ccc(Nc2ccc(Nc3ccc(C(C)=O)cc3)c3nsnc23)cc1. The molecule has 1 aromatic heterocycles. The van der Waals surface area contributed by atoms with Gasteiger partial charge in [0.1, 0.15) is 11.0 Å². The molecule has 6 nitrogen and oxygen atoms in total. The number of nitrogens with one attached hydrogen (secondary N) is 2. The summed E-state index contributed by atoms with van der Waals surface area (Å²) in [6.45, 7) is 3.10. The number of hydrogen-bond donors (Lipinski definition) is 2. The highest BCUT2D eigenvalue weighted by molar-refractivity contribution is 7.00. The zero-order valence-electron chi connectivity index (χ0n) is 15.9. The van der Waals surface area contributed by atoms with Crippen LogP contribution in [0.4, 0.5) is 22.7 Å². The number of anilines is 4. The Hall–Kier alpha value is -3.58. The van der Waals surface area contributed by atoms with Crippen LogP contribution in [0.3, 0.4) is 0 Å². The molecule has 144 valence electrons. The normalized spacial score (nSPS) is 10.7. The van der Waals surface area contributed by atoms with Gasteiger partial charge < -0.3 is 10.6 Å². The standard InChI is InChI=1S/C22H18N4O2S/c1-13(27)15-3-7-17(8-4-15)23-19-11-12-20(22-21(19)25-29-26-22)24-18-9-5-16(6-10-18)14(2)28/h3-12,23-24H,1-2H3. The largest absolute Gasteiger partial charge is 0.354 e. The molecule has 0 unspecified atom stereocenters. The lowest BCUT2D eigenvalue weighted by atomic mass is 10.1. The smallest absolute Gasteiger partial charge is 0.159 e. The highest BCUT2D eigenvalue weighted by atomic mass is 32.1. The van der Waals surface area contributed by atoms with Gasteiger partial charge in [-0.15, -0.1) is 0 Å². The number of carbonyl (C=O) groups excluding carboxylic acids is 2. The van der Waals surface area contributed by atoms with Crippen molar-refractivity contribution < 1.29 is 9.59 Å². The van der Waals surface area contributed by atoms with Gasteiger partial charge in [-0.3, -0.25) is 9.59 Å². The van der Waals surface area contributed by atoms with Gasteiger partial charge in [0.2, 0.25) is 0 Å². The number of aromatic nitrogens is 2. The molecule has 0 spiro atoms. The van der Waals surface area contributed by atoms with Gasteiger partial charge in [-0.05, 0) is 74.5 Å². The minimum absolute atomic E-state index is 0.0365. The van der Waals surface area contributed by atoms with E-state index in [1.807, 2.05) is 36.4 Å². The van der Waals surface area contributed by atoms with Crippen LogP contribution in [-0.2, 0) is 0 Å². The van der Waals surface area contributed by atoms with Gasteiger partial charge in [0, 0.05) is 22.5 Å². The first-order valence-corrected chi connectivity index (χ1v) is 9.75. The van der Waals surface area contributed by atoms with Gasteiger partial charge in [-0.25, -0.2) is 0 Å². The van der Waals surface area contributed by atoms with Crippen molar-refractivity contribution in [3.05, 3.63) is 71.8 Å². The second kappa shape index (κ2) is 7.81. The van der Waals surface area contributed by atoms with E-state index in [9.17, 15) is 9.59 Å². The van der Waals surface area contributed by atoms with Gasteiger partial charge in [0.15, 0.2) is 11.6 Å². The van der Waals surface area contributed by atoms with Crippen LogP contribution in [0.25, 0.3) is 11.0 Å². The maximum atomic E-state index is 11.4. The molecule has 0 saturated carbocycles. The fraction of sp³-hybridized carbons (Fsp3) is 0.0909. The van der Waals surface area contributed by atoms with Gasteiger partial charge in [-0.1, -0.05) is 0 Å². The summed E-state index contributed by atoms with van der Waals surface area (Å²) in [6.07, 6.45) is 0. The lowest BCUT2D eigenvalue weighted by molar-refractivity contribution is 0.100. The van der Waals surface area contributed by atoms with E-state index in [1.165, 1.54) is 0 Å². The molecule has 1 heterocycles. The number of rotatable bonds is 6. The summed E-state index contributed by atoms with van der Waals surface area (Å²) < 4.78 is 8.86. The topological polar surface area (TPSA) is 84.0 Å². The molecule has 0 aliphatic rings. The third-order valence-corrected chi connectivity index (χ3v) is 5.08. The number of benzene rings is 3. The van der Waals surface area contributed by atoms with Crippen molar-refractivity contribution in [3.63, 3.8) is 0 Å². The van der Waals surface area contributed by atoms with Gasteiger partial charge in [0.25, 0.3) is 0 Å². The van der Waals surface area contributed by atoms with Crippen molar-refractivity contribution in [1.82, 2.24) is 8.75 Å². The Morgan fingerprint density at radius 3 is 1.38 bits per heavy atom. The number of hydrogen-bond acceptors (Lipinski definition) is 7. The zero-order chi connectivity index (χ0) is 20.4. The lowest BCUT2D eigenvalue weighted by Gasteiger charge is -2.11. The Balaban J connectivity index is 1.60. The Kier molecular flexibility index (Phi) is 5.05. The molecule has 0 bridgehead atoms. The van der Waals surface area contributed by atoms with Gasteiger partial charge in [-0.2, -0.15) is 8.75 Å². The average molecular weight is 402 g/mol.